The minimum Gasteiger partial charge on any atom is -0.478 e. The lowest BCUT2D eigenvalue weighted by atomic mass is 10.1. The molecule has 0 heterocycles. The number of halogens is 4. The van der Waals surface area contributed by atoms with E-state index in [4.69, 9.17) is 5.11 Å². The van der Waals surface area contributed by atoms with Crippen molar-refractivity contribution in [2.75, 3.05) is 18.9 Å². The van der Waals surface area contributed by atoms with Crippen LogP contribution in [0.15, 0.2) is 18.2 Å². The Morgan fingerprint density at radius 2 is 1.95 bits per heavy atom. The average molecular weight is 308 g/mol. The lowest BCUT2D eigenvalue weighted by Crippen LogP contribution is -2.34. The van der Waals surface area contributed by atoms with Crippen LogP contribution >= 0.6 is 0 Å². The maximum atomic E-state index is 13.5. The van der Waals surface area contributed by atoms with Crippen LogP contribution in [0, 0.1) is 5.82 Å². The minimum absolute atomic E-state index is 0.493. The smallest absolute Gasteiger partial charge is 0.390 e. The molecule has 0 saturated carbocycles. The van der Waals surface area contributed by atoms with Crippen LogP contribution in [-0.4, -0.2) is 41.8 Å². The van der Waals surface area contributed by atoms with Gasteiger partial charge in [0.15, 0.2) is 0 Å². The Balaban J connectivity index is 2.82. The van der Waals surface area contributed by atoms with E-state index < -0.39 is 48.2 Å². The molecule has 2 amide bonds. The molecule has 9 heteroatoms. The fourth-order valence-electron chi connectivity index (χ4n) is 1.43. The van der Waals surface area contributed by atoms with Crippen LogP contribution in [0.4, 0.5) is 28.0 Å². The summed E-state index contributed by atoms with van der Waals surface area (Å²) < 4.78 is 49.7. The monoisotopic (exact) mass is 308 g/mol. The summed E-state index contributed by atoms with van der Waals surface area (Å²) in [6.45, 7) is -0.633. The highest BCUT2D eigenvalue weighted by molar-refractivity contribution is 6.00. The zero-order valence-electron chi connectivity index (χ0n) is 10.9. The maximum Gasteiger partial charge on any atom is 0.390 e. The van der Waals surface area contributed by atoms with Crippen molar-refractivity contribution in [3.63, 3.8) is 0 Å². The molecule has 116 valence electrons. The first-order chi connectivity index (χ1) is 9.61. The molecule has 0 spiro atoms. The summed E-state index contributed by atoms with van der Waals surface area (Å²) in [4.78, 5) is 23.2. The first-order valence-corrected chi connectivity index (χ1v) is 5.72. The third-order valence-electron chi connectivity index (χ3n) is 2.55. The number of rotatable bonds is 4. The van der Waals surface area contributed by atoms with Crippen molar-refractivity contribution in [1.82, 2.24) is 4.90 Å². The Labute approximate surface area is 117 Å². The van der Waals surface area contributed by atoms with Gasteiger partial charge in [-0.05, 0) is 12.1 Å². The zero-order chi connectivity index (χ0) is 16.2. The van der Waals surface area contributed by atoms with E-state index in [9.17, 15) is 27.2 Å². The van der Waals surface area contributed by atoms with E-state index >= 15 is 0 Å². The van der Waals surface area contributed by atoms with Crippen LogP contribution in [0.3, 0.4) is 0 Å². The molecular formula is C12H12F4N2O3. The molecule has 0 aliphatic carbocycles. The number of carbonyl (C=O) groups is 2. The number of urea groups is 1. The quantitative estimate of drug-likeness (QED) is 0.840. The summed E-state index contributed by atoms with van der Waals surface area (Å²) in [5.41, 5.74) is -1.08. The average Bonchev–Trinajstić information content (AvgIpc) is 2.36. The number of alkyl halides is 3. The predicted octanol–water partition coefficient (Wildman–Crippen LogP) is 2.94. The number of amides is 2. The number of carbonyl (C=O) groups excluding carboxylic acids is 1. The highest BCUT2D eigenvalue weighted by Gasteiger charge is 2.28. The third kappa shape index (κ3) is 4.93. The van der Waals surface area contributed by atoms with Gasteiger partial charge in [0.1, 0.15) is 5.82 Å². The lowest BCUT2D eigenvalue weighted by molar-refractivity contribution is -0.135. The topological polar surface area (TPSA) is 69.6 Å². The van der Waals surface area contributed by atoms with Gasteiger partial charge in [-0.25, -0.2) is 14.0 Å². The fraction of sp³-hybridized carbons (Fsp3) is 0.333. The van der Waals surface area contributed by atoms with Crippen LogP contribution in [0.5, 0.6) is 0 Å². The summed E-state index contributed by atoms with van der Waals surface area (Å²) in [6, 6.07) is 2.10. The minimum atomic E-state index is -4.43. The molecule has 0 fully saturated rings. The molecule has 1 rings (SSSR count). The van der Waals surface area contributed by atoms with Crippen molar-refractivity contribution < 1.29 is 32.3 Å². The molecule has 0 atom stereocenters. The Kier molecular flexibility index (Phi) is 5.12. The second kappa shape index (κ2) is 6.42. The Morgan fingerprint density at radius 3 is 2.48 bits per heavy atom. The van der Waals surface area contributed by atoms with Crippen molar-refractivity contribution >= 4 is 17.7 Å². The van der Waals surface area contributed by atoms with Gasteiger partial charge in [-0.15, -0.1) is 0 Å². The van der Waals surface area contributed by atoms with Crippen LogP contribution < -0.4 is 5.32 Å². The van der Waals surface area contributed by atoms with Gasteiger partial charge in [-0.1, -0.05) is 6.07 Å². The van der Waals surface area contributed by atoms with Gasteiger partial charge in [-0.2, -0.15) is 13.2 Å². The molecule has 1 aromatic carbocycles. The number of anilines is 1. The number of para-hydroxylation sites is 1. The molecule has 2 N–H and O–H groups in total. The zero-order valence-corrected chi connectivity index (χ0v) is 10.9. The fourth-order valence-corrected chi connectivity index (χ4v) is 1.43. The summed E-state index contributed by atoms with van der Waals surface area (Å²) >= 11 is 0. The van der Waals surface area contributed by atoms with E-state index in [1.165, 1.54) is 0 Å². The number of hydrogen-bond donors (Lipinski definition) is 2. The van der Waals surface area contributed by atoms with Crippen LogP contribution in [0.1, 0.15) is 16.8 Å². The molecule has 0 saturated heterocycles. The highest BCUT2D eigenvalue weighted by Crippen LogP contribution is 2.22. The lowest BCUT2D eigenvalue weighted by Gasteiger charge is -2.19. The molecule has 0 radical (unpaired) electrons. The first kappa shape index (κ1) is 16.7. The van der Waals surface area contributed by atoms with Crippen LogP contribution in [0.25, 0.3) is 0 Å². The number of benzene rings is 1. The number of hydrogen-bond acceptors (Lipinski definition) is 2. The summed E-state index contributed by atoms with van der Waals surface area (Å²) in [7, 11) is 1.09. The van der Waals surface area contributed by atoms with Gasteiger partial charge >= 0.3 is 18.2 Å². The largest absolute Gasteiger partial charge is 0.478 e. The van der Waals surface area contributed by atoms with Crippen molar-refractivity contribution in [2.24, 2.45) is 0 Å². The normalized spacial score (nSPS) is 11.1. The standard InChI is InChI=1S/C12H12F4N2O3/c1-18(6-5-12(14,15)16)11(21)17-9-7(10(19)20)3-2-4-8(9)13/h2-4H,5-6H2,1H3,(H,17,21)(H,19,20). The molecule has 0 aromatic heterocycles. The summed E-state index contributed by atoms with van der Waals surface area (Å²) in [5.74, 6) is -2.46. The maximum absolute atomic E-state index is 13.5. The number of nitrogens with one attached hydrogen (secondary N) is 1. The molecule has 5 nitrogen and oxygen atoms in total. The Hall–Kier alpha value is -2.32. The van der Waals surface area contributed by atoms with Gasteiger partial charge in [0.05, 0.1) is 17.7 Å². The predicted molar refractivity (Wildman–Crippen MR) is 65.7 cm³/mol. The van der Waals surface area contributed by atoms with Crippen molar-refractivity contribution in [2.45, 2.75) is 12.6 Å². The van der Waals surface area contributed by atoms with Crippen LogP contribution in [-0.2, 0) is 0 Å². The number of aromatic carboxylic acids is 1. The van der Waals surface area contributed by atoms with Gasteiger partial charge in [0.25, 0.3) is 0 Å². The van der Waals surface area contributed by atoms with Gasteiger partial charge in [0, 0.05) is 13.6 Å². The second-order valence-electron chi connectivity index (χ2n) is 4.18. The summed E-state index contributed by atoms with van der Waals surface area (Å²) in [5, 5.41) is 10.8. The molecular weight excluding hydrogens is 296 g/mol. The Morgan fingerprint density at radius 1 is 1.33 bits per heavy atom. The van der Waals surface area contributed by atoms with Crippen LogP contribution in [0.2, 0.25) is 0 Å². The number of nitrogens with zero attached hydrogens (tertiary/aromatic N) is 1. The molecule has 0 bridgehead atoms. The van der Waals surface area contributed by atoms with Crippen molar-refractivity contribution in [1.29, 1.82) is 0 Å². The summed E-state index contributed by atoms with van der Waals surface area (Å²) in [6.07, 6.45) is -5.65. The van der Waals surface area contributed by atoms with Gasteiger partial charge < -0.3 is 15.3 Å². The second-order valence-corrected chi connectivity index (χ2v) is 4.18. The number of carboxylic acid groups (broad SMARTS) is 1. The highest BCUT2D eigenvalue weighted by atomic mass is 19.4. The third-order valence-corrected chi connectivity index (χ3v) is 2.55. The van der Waals surface area contributed by atoms with E-state index in [2.05, 4.69) is 0 Å². The van der Waals surface area contributed by atoms with E-state index in [0.29, 0.717) is 4.90 Å². The van der Waals surface area contributed by atoms with E-state index in [1.807, 2.05) is 5.32 Å². The first-order valence-electron chi connectivity index (χ1n) is 5.72. The SMILES string of the molecule is CN(CCC(F)(F)F)C(=O)Nc1c(F)cccc1C(=O)O. The van der Waals surface area contributed by atoms with E-state index in [-0.39, 0.29) is 0 Å². The molecule has 0 unspecified atom stereocenters. The number of carboxylic acids is 1. The molecule has 0 aliphatic rings. The van der Waals surface area contributed by atoms with Gasteiger partial charge in [-0.3, -0.25) is 0 Å². The van der Waals surface area contributed by atoms with Crippen molar-refractivity contribution in [3.8, 4) is 0 Å². The van der Waals surface area contributed by atoms with Crippen molar-refractivity contribution in [3.05, 3.63) is 29.6 Å². The molecule has 0 aliphatic heterocycles. The molecule has 21 heavy (non-hydrogen) atoms. The van der Waals surface area contributed by atoms with E-state index in [1.54, 1.807) is 0 Å². The molecule has 1 aromatic rings. The van der Waals surface area contributed by atoms with E-state index in [0.717, 1.165) is 25.2 Å². The van der Waals surface area contributed by atoms with Gasteiger partial charge in [0.2, 0.25) is 0 Å². The Bertz CT molecular complexity index is 546.